The fourth-order valence-corrected chi connectivity index (χ4v) is 0.283. The minimum atomic E-state index is -4.54. The Hall–Kier alpha value is 0.0700. The number of nitrogens with two attached hydrogens (primary N) is 1. The van der Waals surface area contributed by atoms with Crippen molar-refractivity contribution in [3.63, 3.8) is 0 Å². The molecule has 0 radical (unpaired) electrons. The Morgan fingerprint density at radius 3 is 2.43 bits per heavy atom. The summed E-state index contributed by atoms with van der Waals surface area (Å²) in [5.74, 6) is 0. The van der Waals surface area contributed by atoms with Crippen molar-refractivity contribution < 1.29 is 18.9 Å². The van der Waals surface area contributed by atoms with Crippen LogP contribution in [0.25, 0.3) is 0 Å². The van der Waals surface area contributed by atoms with Crippen LogP contribution in [0.5, 0.6) is 0 Å². The zero-order chi connectivity index (χ0) is 5.91. The normalized spacial score (nSPS) is 18.7. The summed E-state index contributed by atoms with van der Waals surface area (Å²) in [5.41, 5.74) is 4.56. The summed E-state index contributed by atoms with van der Waals surface area (Å²) in [6.07, 6.45) is 0. The van der Waals surface area contributed by atoms with Gasteiger partial charge in [-0.3, -0.25) is 4.57 Å². The van der Waals surface area contributed by atoms with Gasteiger partial charge in [-0.2, -0.15) is 0 Å². The summed E-state index contributed by atoms with van der Waals surface area (Å²) in [4.78, 5) is 17.2. The number of hydrogen-bond donors (Lipinski definition) is 2. The predicted molar refractivity (Wildman–Crippen MR) is 20.0 cm³/mol. The van der Waals surface area contributed by atoms with Crippen LogP contribution in [0.3, 0.4) is 0 Å². The number of phosphoric ester groups is 1. The molecule has 7 heavy (non-hydrogen) atoms. The van der Waals surface area contributed by atoms with Crippen LogP contribution < -0.4 is 10.6 Å². The number of phosphoric acid groups is 1. The Bertz CT molecular complexity index is 85.7. The largest absolute Gasteiger partial charge is 0.756 e. The van der Waals surface area contributed by atoms with Gasteiger partial charge < -0.3 is 20.0 Å². The maximum absolute atomic E-state index is 9.51. The number of rotatable bonds is 2. The molecule has 0 amide bonds. The van der Waals surface area contributed by atoms with E-state index >= 15 is 0 Å². The average molecular weight is 126 g/mol. The van der Waals surface area contributed by atoms with Crippen molar-refractivity contribution in [1.82, 2.24) is 0 Å². The molecular weight excluding hydrogens is 121 g/mol. The second kappa shape index (κ2) is 2.40. The second-order valence-electron chi connectivity index (χ2n) is 0.764. The highest BCUT2D eigenvalue weighted by molar-refractivity contribution is 7.44. The molecule has 5 nitrogen and oxygen atoms in total. The van der Waals surface area contributed by atoms with E-state index in [0.717, 1.165) is 0 Å². The summed E-state index contributed by atoms with van der Waals surface area (Å²) in [6, 6.07) is 0. The van der Waals surface area contributed by atoms with Gasteiger partial charge in [0, 0.05) is 0 Å². The summed E-state index contributed by atoms with van der Waals surface area (Å²) in [7, 11) is -4.54. The molecule has 0 spiro atoms. The maximum Gasteiger partial charge on any atom is 0.266 e. The van der Waals surface area contributed by atoms with E-state index in [4.69, 9.17) is 4.89 Å². The molecule has 3 N–H and O–H groups in total. The van der Waals surface area contributed by atoms with E-state index in [-0.39, 0.29) is 0 Å². The average Bonchev–Trinajstić information content (AvgIpc) is 1.30. The minimum absolute atomic E-state index is 0.517. The lowest BCUT2D eigenvalue weighted by Gasteiger charge is -2.12. The SMILES string of the molecule is NCOP(=O)([O-])O. The van der Waals surface area contributed by atoms with Gasteiger partial charge in [0.05, 0.1) is 0 Å². The standard InChI is InChI=1S/CH6NO4P/c2-1-6-7(3,4)5/h1-2H2,(H2,3,4,5)/p-1. The van der Waals surface area contributed by atoms with Crippen molar-refractivity contribution in [3.05, 3.63) is 0 Å². The lowest BCUT2D eigenvalue weighted by atomic mass is 11.4. The van der Waals surface area contributed by atoms with E-state index in [9.17, 15) is 9.46 Å². The first-order valence-electron chi connectivity index (χ1n) is 1.44. The molecule has 0 aromatic carbocycles. The molecule has 0 heterocycles. The third-order valence-electron chi connectivity index (χ3n) is 0.238. The van der Waals surface area contributed by atoms with Gasteiger partial charge in [-0.05, 0) is 0 Å². The van der Waals surface area contributed by atoms with E-state index in [1.165, 1.54) is 0 Å². The van der Waals surface area contributed by atoms with Crippen LogP contribution in [0.1, 0.15) is 0 Å². The first kappa shape index (κ1) is 7.07. The van der Waals surface area contributed by atoms with Gasteiger partial charge in [0.15, 0.2) is 0 Å². The van der Waals surface area contributed by atoms with Crippen LogP contribution in [0, 0.1) is 0 Å². The van der Waals surface area contributed by atoms with E-state index < -0.39 is 14.6 Å². The van der Waals surface area contributed by atoms with Crippen molar-refractivity contribution in [2.24, 2.45) is 5.73 Å². The van der Waals surface area contributed by atoms with Crippen LogP contribution in [-0.4, -0.2) is 11.6 Å². The van der Waals surface area contributed by atoms with E-state index in [1.807, 2.05) is 0 Å². The highest BCUT2D eigenvalue weighted by atomic mass is 31.2. The fourth-order valence-electron chi connectivity index (χ4n) is 0.0942. The molecule has 0 aromatic rings. The van der Waals surface area contributed by atoms with E-state index in [1.54, 1.807) is 0 Å². The van der Waals surface area contributed by atoms with Crippen molar-refractivity contribution in [2.75, 3.05) is 6.73 Å². The van der Waals surface area contributed by atoms with Crippen molar-refractivity contribution in [2.45, 2.75) is 0 Å². The zero-order valence-electron chi connectivity index (χ0n) is 3.40. The summed E-state index contributed by atoms with van der Waals surface area (Å²) in [6.45, 7) is -0.517. The van der Waals surface area contributed by atoms with E-state index in [0.29, 0.717) is 0 Å². The van der Waals surface area contributed by atoms with Gasteiger partial charge in [-0.25, -0.2) is 0 Å². The summed E-state index contributed by atoms with van der Waals surface area (Å²) in [5, 5.41) is 0. The molecule has 0 aromatic heterocycles. The summed E-state index contributed by atoms with van der Waals surface area (Å²) < 4.78 is 13.1. The number of hydrogen-bond acceptors (Lipinski definition) is 4. The first-order valence-corrected chi connectivity index (χ1v) is 2.94. The Balaban J connectivity index is 3.36. The quantitative estimate of drug-likeness (QED) is 0.342. The Labute approximate surface area is 40.3 Å². The Morgan fingerprint density at radius 1 is 2.00 bits per heavy atom. The molecule has 0 saturated heterocycles. The third kappa shape index (κ3) is 6.07. The molecule has 0 rings (SSSR count). The topological polar surface area (TPSA) is 95.6 Å². The lowest BCUT2D eigenvalue weighted by Crippen LogP contribution is -2.09. The Morgan fingerprint density at radius 2 is 2.43 bits per heavy atom. The Kier molecular flexibility index (Phi) is 2.42. The molecule has 0 fully saturated rings. The van der Waals surface area contributed by atoms with Gasteiger partial charge in [0.25, 0.3) is 7.82 Å². The third-order valence-corrected chi connectivity index (χ3v) is 0.713. The molecule has 6 heteroatoms. The van der Waals surface area contributed by atoms with Crippen molar-refractivity contribution in [1.29, 1.82) is 0 Å². The monoisotopic (exact) mass is 126 g/mol. The highest BCUT2D eigenvalue weighted by Crippen LogP contribution is 2.28. The molecule has 1 atom stereocenters. The van der Waals surface area contributed by atoms with Crippen LogP contribution in [0.15, 0.2) is 0 Å². The van der Waals surface area contributed by atoms with Crippen molar-refractivity contribution >= 4 is 7.82 Å². The van der Waals surface area contributed by atoms with Gasteiger partial charge in [0.2, 0.25) is 0 Å². The zero-order valence-corrected chi connectivity index (χ0v) is 4.30. The van der Waals surface area contributed by atoms with Gasteiger partial charge in [0.1, 0.15) is 6.73 Å². The van der Waals surface area contributed by atoms with Crippen molar-refractivity contribution in [3.8, 4) is 0 Å². The molecule has 1 unspecified atom stereocenters. The maximum atomic E-state index is 9.51. The first-order chi connectivity index (χ1) is 3.06. The summed E-state index contributed by atoms with van der Waals surface area (Å²) >= 11 is 0. The fraction of sp³-hybridized carbons (Fsp3) is 1.00. The molecule has 0 saturated carbocycles. The second-order valence-corrected chi connectivity index (χ2v) is 1.96. The lowest BCUT2D eigenvalue weighted by molar-refractivity contribution is -0.219. The predicted octanol–water partition coefficient (Wildman–Crippen LogP) is -1.62. The van der Waals surface area contributed by atoms with Crippen LogP contribution in [0.2, 0.25) is 0 Å². The molecule has 0 aliphatic carbocycles. The van der Waals surface area contributed by atoms with Crippen LogP contribution in [-0.2, 0) is 9.09 Å². The van der Waals surface area contributed by atoms with Crippen LogP contribution >= 0.6 is 7.82 Å². The molecular formula is CH5NO4P-. The van der Waals surface area contributed by atoms with E-state index in [2.05, 4.69) is 10.3 Å². The molecule has 0 bridgehead atoms. The molecule has 0 aliphatic heterocycles. The van der Waals surface area contributed by atoms with Gasteiger partial charge >= 0.3 is 0 Å². The highest BCUT2D eigenvalue weighted by Gasteiger charge is 1.95. The molecule has 44 valence electrons. The van der Waals surface area contributed by atoms with Crippen LogP contribution in [0.4, 0.5) is 0 Å². The van der Waals surface area contributed by atoms with Gasteiger partial charge in [-0.15, -0.1) is 0 Å². The minimum Gasteiger partial charge on any atom is -0.756 e. The van der Waals surface area contributed by atoms with Gasteiger partial charge in [-0.1, -0.05) is 0 Å². The molecule has 0 aliphatic rings. The smallest absolute Gasteiger partial charge is 0.266 e.